The fourth-order valence-corrected chi connectivity index (χ4v) is 2.65. The van der Waals surface area contributed by atoms with Crippen LogP contribution in [0.4, 0.5) is 0 Å². The zero-order chi connectivity index (χ0) is 13.2. The van der Waals surface area contributed by atoms with Gasteiger partial charge in [-0.25, -0.2) is 0 Å². The summed E-state index contributed by atoms with van der Waals surface area (Å²) >= 11 is 0. The van der Waals surface area contributed by atoms with Crippen molar-refractivity contribution < 1.29 is 9.90 Å². The molecule has 2 atom stereocenters. The van der Waals surface area contributed by atoms with Gasteiger partial charge in [-0.05, 0) is 25.8 Å². The zero-order valence-corrected chi connectivity index (χ0v) is 11.1. The molecular weight excluding hydrogens is 226 g/mol. The summed E-state index contributed by atoms with van der Waals surface area (Å²) in [6.07, 6.45) is 1.80. The van der Waals surface area contributed by atoms with E-state index in [1.165, 1.54) is 0 Å². The molecule has 1 N–H and O–H groups in total. The first kappa shape index (κ1) is 13.2. The fourth-order valence-electron chi connectivity index (χ4n) is 2.65. The van der Waals surface area contributed by atoms with E-state index in [-0.39, 0.29) is 0 Å². The zero-order valence-electron chi connectivity index (χ0n) is 11.1. The number of aliphatic hydroxyl groups is 1. The van der Waals surface area contributed by atoms with Gasteiger partial charge in [-0.2, -0.15) is 0 Å². The molecule has 3 heteroatoms. The van der Waals surface area contributed by atoms with Gasteiger partial charge in [0, 0.05) is 19.6 Å². The highest BCUT2D eigenvalue weighted by Crippen LogP contribution is 2.27. The number of carbonyl (C=O) groups is 1. The van der Waals surface area contributed by atoms with Crippen LogP contribution in [0.2, 0.25) is 0 Å². The van der Waals surface area contributed by atoms with E-state index >= 15 is 0 Å². The SMILES string of the molecule is CC1(O)CCN(CC(C)(C=O)c2ccccc2)C1. The van der Waals surface area contributed by atoms with Crippen LogP contribution in [0.1, 0.15) is 25.8 Å². The highest BCUT2D eigenvalue weighted by atomic mass is 16.3. The van der Waals surface area contributed by atoms with Crippen LogP contribution in [0.3, 0.4) is 0 Å². The number of carbonyl (C=O) groups excluding carboxylic acids is 1. The van der Waals surface area contributed by atoms with Gasteiger partial charge in [-0.1, -0.05) is 30.3 Å². The summed E-state index contributed by atoms with van der Waals surface area (Å²) in [4.78, 5) is 13.7. The van der Waals surface area contributed by atoms with E-state index in [4.69, 9.17) is 0 Å². The first-order chi connectivity index (χ1) is 8.45. The van der Waals surface area contributed by atoms with Crippen molar-refractivity contribution in [3.63, 3.8) is 0 Å². The summed E-state index contributed by atoms with van der Waals surface area (Å²) in [7, 11) is 0. The molecule has 1 aromatic rings. The molecule has 98 valence electrons. The lowest BCUT2D eigenvalue weighted by atomic mass is 9.83. The number of benzene rings is 1. The van der Waals surface area contributed by atoms with Crippen LogP contribution in [-0.2, 0) is 10.2 Å². The van der Waals surface area contributed by atoms with E-state index < -0.39 is 11.0 Å². The molecule has 2 rings (SSSR count). The standard InChI is InChI=1S/C15H21NO2/c1-14(12-17,13-6-4-3-5-7-13)10-16-9-8-15(2,18)11-16/h3-7,12,18H,8-11H2,1-2H3. The van der Waals surface area contributed by atoms with Gasteiger partial charge in [0.2, 0.25) is 0 Å². The molecule has 0 saturated carbocycles. The Morgan fingerprint density at radius 2 is 2.11 bits per heavy atom. The molecule has 0 spiro atoms. The van der Waals surface area contributed by atoms with Crippen molar-refractivity contribution in [3.05, 3.63) is 35.9 Å². The normalized spacial score (nSPS) is 27.9. The summed E-state index contributed by atoms with van der Waals surface area (Å²) in [5.41, 5.74) is -0.0751. The summed E-state index contributed by atoms with van der Waals surface area (Å²) in [6.45, 7) is 5.97. The molecule has 1 heterocycles. The molecule has 1 aromatic carbocycles. The van der Waals surface area contributed by atoms with Crippen molar-refractivity contribution in [1.82, 2.24) is 4.90 Å². The maximum Gasteiger partial charge on any atom is 0.131 e. The second kappa shape index (κ2) is 4.82. The molecular formula is C15H21NO2. The third-order valence-corrected chi connectivity index (χ3v) is 3.78. The predicted molar refractivity (Wildman–Crippen MR) is 71.5 cm³/mol. The van der Waals surface area contributed by atoms with Crippen molar-refractivity contribution >= 4 is 6.29 Å². The van der Waals surface area contributed by atoms with Crippen LogP contribution in [0.15, 0.2) is 30.3 Å². The third-order valence-electron chi connectivity index (χ3n) is 3.78. The van der Waals surface area contributed by atoms with Crippen LogP contribution >= 0.6 is 0 Å². The molecule has 0 radical (unpaired) electrons. The second-order valence-corrected chi connectivity index (χ2v) is 5.86. The molecule has 0 aromatic heterocycles. The highest BCUT2D eigenvalue weighted by Gasteiger charge is 2.36. The summed E-state index contributed by atoms with van der Waals surface area (Å²) < 4.78 is 0. The van der Waals surface area contributed by atoms with Gasteiger partial charge in [-0.15, -0.1) is 0 Å². The van der Waals surface area contributed by atoms with Gasteiger partial charge in [0.25, 0.3) is 0 Å². The summed E-state index contributed by atoms with van der Waals surface area (Å²) in [6, 6.07) is 9.84. The molecule has 2 unspecified atom stereocenters. The number of likely N-dealkylation sites (tertiary alicyclic amines) is 1. The molecule has 18 heavy (non-hydrogen) atoms. The number of β-amino-alcohol motifs (C(OH)–C–C–N with tert-alkyl or cyclic N) is 1. The van der Waals surface area contributed by atoms with E-state index in [1.54, 1.807) is 0 Å². The Balaban J connectivity index is 2.12. The Bertz CT molecular complexity index is 416. The lowest BCUT2D eigenvalue weighted by molar-refractivity contribution is -0.112. The van der Waals surface area contributed by atoms with E-state index in [9.17, 15) is 9.90 Å². The Morgan fingerprint density at radius 1 is 1.44 bits per heavy atom. The molecule has 1 aliphatic rings. The van der Waals surface area contributed by atoms with Crippen LogP contribution in [0, 0.1) is 0 Å². The Kier molecular flexibility index (Phi) is 3.55. The number of rotatable bonds is 4. The minimum Gasteiger partial charge on any atom is -0.389 e. The summed E-state index contributed by atoms with van der Waals surface area (Å²) in [5.74, 6) is 0. The minimum atomic E-state index is -0.611. The van der Waals surface area contributed by atoms with Gasteiger partial charge in [-0.3, -0.25) is 4.90 Å². The topological polar surface area (TPSA) is 40.5 Å². The average Bonchev–Trinajstić information content (AvgIpc) is 2.69. The van der Waals surface area contributed by atoms with Gasteiger partial charge in [0.05, 0.1) is 11.0 Å². The van der Waals surface area contributed by atoms with Crippen LogP contribution in [0.5, 0.6) is 0 Å². The molecule has 1 saturated heterocycles. The van der Waals surface area contributed by atoms with E-state index in [0.717, 1.165) is 24.8 Å². The monoisotopic (exact) mass is 247 g/mol. The maximum absolute atomic E-state index is 11.5. The van der Waals surface area contributed by atoms with Gasteiger partial charge >= 0.3 is 0 Å². The third kappa shape index (κ3) is 2.79. The van der Waals surface area contributed by atoms with Crippen molar-refractivity contribution in [2.75, 3.05) is 19.6 Å². The van der Waals surface area contributed by atoms with Gasteiger partial charge in [0.1, 0.15) is 6.29 Å². The first-order valence-corrected chi connectivity index (χ1v) is 6.42. The smallest absolute Gasteiger partial charge is 0.131 e. The lowest BCUT2D eigenvalue weighted by Gasteiger charge is -2.29. The first-order valence-electron chi connectivity index (χ1n) is 6.42. The van der Waals surface area contributed by atoms with E-state index in [2.05, 4.69) is 4.90 Å². The second-order valence-electron chi connectivity index (χ2n) is 5.86. The number of hydrogen-bond acceptors (Lipinski definition) is 3. The quantitative estimate of drug-likeness (QED) is 0.822. The number of nitrogens with zero attached hydrogens (tertiary/aromatic N) is 1. The van der Waals surface area contributed by atoms with Gasteiger partial charge < -0.3 is 9.90 Å². The lowest BCUT2D eigenvalue weighted by Crippen LogP contribution is -2.40. The van der Waals surface area contributed by atoms with Gasteiger partial charge in [0.15, 0.2) is 0 Å². The average molecular weight is 247 g/mol. The number of aldehydes is 1. The largest absolute Gasteiger partial charge is 0.389 e. The molecule has 1 aliphatic heterocycles. The summed E-state index contributed by atoms with van der Waals surface area (Å²) in [5, 5.41) is 9.97. The Hall–Kier alpha value is -1.19. The predicted octanol–water partition coefficient (Wildman–Crippen LogP) is 1.60. The fraction of sp³-hybridized carbons (Fsp3) is 0.533. The van der Waals surface area contributed by atoms with Crippen LogP contribution in [-0.4, -0.2) is 41.5 Å². The molecule has 0 bridgehead atoms. The molecule has 0 aliphatic carbocycles. The van der Waals surface area contributed by atoms with Crippen molar-refractivity contribution in [1.29, 1.82) is 0 Å². The Labute approximate surface area is 108 Å². The Morgan fingerprint density at radius 3 is 2.61 bits per heavy atom. The van der Waals surface area contributed by atoms with Crippen LogP contribution < -0.4 is 0 Å². The van der Waals surface area contributed by atoms with Crippen molar-refractivity contribution in [2.24, 2.45) is 0 Å². The van der Waals surface area contributed by atoms with E-state index in [0.29, 0.717) is 13.1 Å². The van der Waals surface area contributed by atoms with Crippen molar-refractivity contribution in [2.45, 2.75) is 31.3 Å². The highest BCUT2D eigenvalue weighted by molar-refractivity contribution is 5.68. The minimum absolute atomic E-state index is 0.498. The molecule has 0 amide bonds. The molecule has 1 fully saturated rings. The van der Waals surface area contributed by atoms with E-state index in [1.807, 2.05) is 44.2 Å². The van der Waals surface area contributed by atoms with Crippen molar-refractivity contribution in [3.8, 4) is 0 Å². The number of hydrogen-bond donors (Lipinski definition) is 1. The van der Waals surface area contributed by atoms with Crippen LogP contribution in [0.25, 0.3) is 0 Å². The maximum atomic E-state index is 11.5. The molecule has 3 nitrogen and oxygen atoms in total.